The number of anilines is 2. The van der Waals surface area contributed by atoms with Gasteiger partial charge in [0.2, 0.25) is 0 Å². The van der Waals surface area contributed by atoms with Gasteiger partial charge in [-0.2, -0.15) is 0 Å². The van der Waals surface area contributed by atoms with Crippen molar-refractivity contribution in [3.05, 3.63) is 46.8 Å². The molecule has 1 aromatic heterocycles. The largest absolute Gasteiger partial charge is 0.467 e. The van der Waals surface area contributed by atoms with Crippen LogP contribution in [0.5, 0.6) is 0 Å². The van der Waals surface area contributed by atoms with E-state index in [2.05, 4.69) is 21.2 Å². The second-order valence-corrected chi connectivity index (χ2v) is 4.03. The maximum Gasteiger partial charge on any atom is 0.122 e. The number of hydrogen-bond acceptors (Lipinski definition) is 3. The van der Waals surface area contributed by atoms with Crippen LogP contribution in [0.2, 0.25) is 0 Å². The van der Waals surface area contributed by atoms with Crippen molar-refractivity contribution in [2.75, 3.05) is 11.1 Å². The fourth-order valence-electron chi connectivity index (χ4n) is 1.27. The molecular weight excluding hydrogens is 256 g/mol. The summed E-state index contributed by atoms with van der Waals surface area (Å²) in [5, 5.41) is 3.25. The van der Waals surface area contributed by atoms with E-state index in [1.807, 2.05) is 30.3 Å². The van der Waals surface area contributed by atoms with Gasteiger partial charge in [0.15, 0.2) is 0 Å². The van der Waals surface area contributed by atoms with Crippen LogP contribution in [0.1, 0.15) is 5.76 Å². The number of rotatable bonds is 3. The number of furan rings is 1. The molecule has 0 saturated carbocycles. The maximum atomic E-state index is 5.64. The molecule has 0 aliphatic carbocycles. The lowest BCUT2D eigenvalue weighted by atomic mass is 10.3. The van der Waals surface area contributed by atoms with Crippen LogP contribution in [0, 0.1) is 0 Å². The third-order valence-electron chi connectivity index (χ3n) is 2.03. The fraction of sp³-hybridized carbons (Fsp3) is 0.0909. The molecule has 1 heterocycles. The summed E-state index contributed by atoms with van der Waals surface area (Å²) in [6.45, 7) is 0.662. The van der Waals surface area contributed by atoms with Gasteiger partial charge < -0.3 is 15.5 Å². The molecule has 0 bridgehead atoms. The summed E-state index contributed by atoms with van der Waals surface area (Å²) in [4.78, 5) is 0. The van der Waals surface area contributed by atoms with E-state index in [0.717, 1.165) is 21.6 Å². The summed E-state index contributed by atoms with van der Waals surface area (Å²) in [5.41, 5.74) is 7.38. The maximum absolute atomic E-state index is 5.64. The first-order chi connectivity index (χ1) is 7.25. The van der Waals surface area contributed by atoms with Gasteiger partial charge in [-0.05, 0) is 46.3 Å². The topological polar surface area (TPSA) is 51.2 Å². The van der Waals surface area contributed by atoms with Crippen LogP contribution < -0.4 is 11.1 Å². The van der Waals surface area contributed by atoms with Crippen LogP contribution in [-0.2, 0) is 6.54 Å². The van der Waals surface area contributed by atoms with E-state index >= 15 is 0 Å². The number of nitrogens with two attached hydrogens (primary N) is 1. The van der Waals surface area contributed by atoms with Gasteiger partial charge in [-0.15, -0.1) is 0 Å². The lowest BCUT2D eigenvalue weighted by Gasteiger charge is -2.07. The van der Waals surface area contributed by atoms with Gasteiger partial charge in [0.05, 0.1) is 12.8 Å². The number of hydrogen-bond donors (Lipinski definition) is 2. The van der Waals surface area contributed by atoms with Crippen molar-refractivity contribution in [2.24, 2.45) is 0 Å². The molecule has 0 radical (unpaired) electrons. The van der Waals surface area contributed by atoms with Gasteiger partial charge in [0, 0.05) is 15.8 Å². The highest BCUT2D eigenvalue weighted by Gasteiger charge is 2.00. The zero-order chi connectivity index (χ0) is 10.7. The molecule has 0 amide bonds. The second-order valence-electron chi connectivity index (χ2n) is 3.17. The normalized spacial score (nSPS) is 10.2. The Labute approximate surface area is 96.4 Å². The first-order valence-corrected chi connectivity index (χ1v) is 5.36. The van der Waals surface area contributed by atoms with Gasteiger partial charge in [-0.1, -0.05) is 0 Å². The van der Waals surface area contributed by atoms with Crippen molar-refractivity contribution in [3.63, 3.8) is 0 Å². The molecule has 0 aliphatic heterocycles. The minimum atomic E-state index is 0.662. The molecular formula is C11H11BrN2O. The van der Waals surface area contributed by atoms with Crippen LogP contribution in [0.25, 0.3) is 0 Å². The van der Waals surface area contributed by atoms with E-state index in [1.54, 1.807) is 6.26 Å². The van der Waals surface area contributed by atoms with E-state index in [9.17, 15) is 0 Å². The van der Waals surface area contributed by atoms with Gasteiger partial charge in [-0.3, -0.25) is 0 Å². The molecule has 0 atom stereocenters. The highest BCUT2D eigenvalue weighted by Crippen LogP contribution is 2.25. The lowest BCUT2D eigenvalue weighted by Crippen LogP contribution is -1.99. The SMILES string of the molecule is Nc1ccc(NCc2ccco2)c(Br)c1. The molecule has 4 heteroatoms. The van der Waals surface area contributed by atoms with Crippen molar-refractivity contribution in [2.45, 2.75) is 6.54 Å². The quantitative estimate of drug-likeness (QED) is 0.839. The molecule has 0 aliphatic rings. The number of nitrogens with one attached hydrogen (secondary N) is 1. The van der Waals surface area contributed by atoms with E-state index < -0.39 is 0 Å². The Hall–Kier alpha value is -1.42. The Bertz CT molecular complexity index is 440. The standard InChI is InChI=1S/C11H11BrN2O/c12-10-6-8(13)3-4-11(10)14-7-9-2-1-5-15-9/h1-6,14H,7,13H2. The molecule has 0 unspecified atom stereocenters. The fourth-order valence-corrected chi connectivity index (χ4v) is 1.81. The Kier molecular flexibility index (Phi) is 2.97. The molecule has 2 rings (SSSR count). The summed E-state index contributed by atoms with van der Waals surface area (Å²) in [6, 6.07) is 9.45. The minimum absolute atomic E-state index is 0.662. The first kappa shape index (κ1) is 10.1. The minimum Gasteiger partial charge on any atom is -0.467 e. The smallest absolute Gasteiger partial charge is 0.122 e. The average molecular weight is 267 g/mol. The Morgan fingerprint density at radius 1 is 1.33 bits per heavy atom. The molecule has 15 heavy (non-hydrogen) atoms. The second kappa shape index (κ2) is 4.40. The predicted octanol–water partition coefficient (Wildman–Crippen LogP) is 3.24. The zero-order valence-electron chi connectivity index (χ0n) is 8.03. The Morgan fingerprint density at radius 2 is 2.20 bits per heavy atom. The van der Waals surface area contributed by atoms with Crippen LogP contribution in [-0.4, -0.2) is 0 Å². The molecule has 3 nitrogen and oxygen atoms in total. The lowest BCUT2D eigenvalue weighted by molar-refractivity contribution is 0.518. The van der Waals surface area contributed by atoms with Gasteiger partial charge in [-0.25, -0.2) is 0 Å². The van der Waals surface area contributed by atoms with Crippen molar-refractivity contribution < 1.29 is 4.42 Å². The number of halogens is 1. The molecule has 78 valence electrons. The van der Waals surface area contributed by atoms with Gasteiger partial charge in [0.1, 0.15) is 5.76 Å². The number of nitrogen functional groups attached to an aromatic ring is 1. The zero-order valence-corrected chi connectivity index (χ0v) is 9.62. The predicted molar refractivity (Wildman–Crippen MR) is 64.6 cm³/mol. The van der Waals surface area contributed by atoms with E-state index in [-0.39, 0.29) is 0 Å². The monoisotopic (exact) mass is 266 g/mol. The Morgan fingerprint density at radius 3 is 2.87 bits per heavy atom. The van der Waals surface area contributed by atoms with Gasteiger partial charge >= 0.3 is 0 Å². The van der Waals surface area contributed by atoms with E-state index in [1.165, 1.54) is 0 Å². The Balaban J connectivity index is 2.05. The third-order valence-corrected chi connectivity index (χ3v) is 2.68. The highest BCUT2D eigenvalue weighted by atomic mass is 79.9. The molecule has 1 aromatic carbocycles. The van der Waals surface area contributed by atoms with Gasteiger partial charge in [0.25, 0.3) is 0 Å². The summed E-state index contributed by atoms with van der Waals surface area (Å²) in [6.07, 6.45) is 1.66. The molecule has 0 fully saturated rings. The van der Waals surface area contributed by atoms with Crippen molar-refractivity contribution in [1.29, 1.82) is 0 Å². The van der Waals surface area contributed by atoms with Crippen LogP contribution in [0.3, 0.4) is 0 Å². The summed E-state index contributed by atoms with van der Waals surface area (Å²) in [7, 11) is 0. The van der Waals surface area contributed by atoms with Crippen molar-refractivity contribution in [1.82, 2.24) is 0 Å². The van der Waals surface area contributed by atoms with E-state index in [0.29, 0.717) is 6.54 Å². The molecule has 0 spiro atoms. The van der Waals surface area contributed by atoms with Crippen LogP contribution in [0.15, 0.2) is 45.5 Å². The summed E-state index contributed by atoms with van der Waals surface area (Å²) in [5.74, 6) is 0.902. The van der Waals surface area contributed by atoms with Crippen molar-refractivity contribution >= 4 is 27.3 Å². The summed E-state index contributed by atoms with van der Waals surface area (Å²) < 4.78 is 6.17. The molecule has 0 saturated heterocycles. The highest BCUT2D eigenvalue weighted by molar-refractivity contribution is 9.10. The molecule has 3 N–H and O–H groups in total. The van der Waals surface area contributed by atoms with Crippen LogP contribution in [0.4, 0.5) is 11.4 Å². The van der Waals surface area contributed by atoms with E-state index in [4.69, 9.17) is 10.2 Å². The molecule has 2 aromatic rings. The first-order valence-electron chi connectivity index (χ1n) is 4.57. The third kappa shape index (κ3) is 2.53. The average Bonchev–Trinajstić information content (AvgIpc) is 2.69. The van der Waals surface area contributed by atoms with Crippen molar-refractivity contribution in [3.8, 4) is 0 Å². The van der Waals surface area contributed by atoms with Crippen LogP contribution >= 0.6 is 15.9 Å². The summed E-state index contributed by atoms with van der Waals surface area (Å²) >= 11 is 3.44. The number of benzene rings is 1.